The molecule has 4 nitrogen and oxygen atoms in total. The fourth-order valence-corrected chi connectivity index (χ4v) is 2.74. The molecule has 0 amide bonds. The SMILES string of the molecule is CCOc1ccc(C(C)=O)cc1CN(C)C1CCOCC1. The molecule has 1 saturated heterocycles. The largest absolute Gasteiger partial charge is 0.494 e. The molecular weight excluding hydrogens is 266 g/mol. The minimum atomic E-state index is 0.0908. The summed E-state index contributed by atoms with van der Waals surface area (Å²) in [6.07, 6.45) is 2.12. The second-order valence-corrected chi connectivity index (χ2v) is 5.57. The maximum absolute atomic E-state index is 11.6. The van der Waals surface area contributed by atoms with Crippen molar-refractivity contribution in [1.82, 2.24) is 4.90 Å². The number of hydrogen-bond donors (Lipinski definition) is 0. The Labute approximate surface area is 127 Å². The van der Waals surface area contributed by atoms with E-state index in [1.165, 1.54) is 0 Å². The number of benzene rings is 1. The van der Waals surface area contributed by atoms with E-state index in [1.807, 2.05) is 25.1 Å². The van der Waals surface area contributed by atoms with Gasteiger partial charge in [-0.05, 0) is 51.9 Å². The maximum atomic E-state index is 11.6. The van der Waals surface area contributed by atoms with Crippen LogP contribution < -0.4 is 4.74 Å². The van der Waals surface area contributed by atoms with Gasteiger partial charge >= 0.3 is 0 Å². The maximum Gasteiger partial charge on any atom is 0.159 e. The number of ketones is 1. The Morgan fingerprint density at radius 1 is 1.38 bits per heavy atom. The summed E-state index contributed by atoms with van der Waals surface area (Å²) in [6.45, 7) is 6.67. The molecular formula is C17H25NO3. The Morgan fingerprint density at radius 3 is 2.71 bits per heavy atom. The molecule has 2 rings (SSSR count). The Morgan fingerprint density at radius 2 is 2.10 bits per heavy atom. The predicted octanol–water partition coefficient (Wildman–Crippen LogP) is 2.90. The van der Waals surface area contributed by atoms with E-state index in [0.29, 0.717) is 12.6 Å². The average Bonchev–Trinajstić information content (AvgIpc) is 2.50. The normalized spacial score (nSPS) is 16.2. The number of rotatable bonds is 6. The van der Waals surface area contributed by atoms with Crippen LogP contribution >= 0.6 is 0 Å². The van der Waals surface area contributed by atoms with Crippen molar-refractivity contribution >= 4 is 5.78 Å². The van der Waals surface area contributed by atoms with E-state index in [4.69, 9.17) is 9.47 Å². The van der Waals surface area contributed by atoms with Crippen molar-refractivity contribution in [1.29, 1.82) is 0 Å². The molecule has 0 aromatic heterocycles. The first-order chi connectivity index (χ1) is 10.1. The van der Waals surface area contributed by atoms with E-state index >= 15 is 0 Å². The smallest absolute Gasteiger partial charge is 0.159 e. The molecule has 4 heteroatoms. The summed E-state index contributed by atoms with van der Waals surface area (Å²) in [7, 11) is 2.13. The van der Waals surface area contributed by atoms with Gasteiger partial charge < -0.3 is 9.47 Å². The van der Waals surface area contributed by atoms with Crippen LogP contribution in [-0.4, -0.2) is 43.6 Å². The quantitative estimate of drug-likeness (QED) is 0.755. The first-order valence-corrected chi connectivity index (χ1v) is 7.66. The fraction of sp³-hybridized carbons (Fsp3) is 0.588. The van der Waals surface area contributed by atoms with Gasteiger partial charge in [-0.3, -0.25) is 9.69 Å². The molecule has 1 aromatic rings. The van der Waals surface area contributed by atoms with E-state index in [2.05, 4.69) is 11.9 Å². The number of carbonyl (C=O) groups excluding carboxylic acids is 1. The van der Waals surface area contributed by atoms with Gasteiger partial charge in [0.1, 0.15) is 5.75 Å². The van der Waals surface area contributed by atoms with Gasteiger partial charge in [0.15, 0.2) is 5.78 Å². The van der Waals surface area contributed by atoms with Crippen LogP contribution in [0.3, 0.4) is 0 Å². The van der Waals surface area contributed by atoms with Gasteiger partial charge in [0.25, 0.3) is 0 Å². The molecule has 0 saturated carbocycles. The van der Waals surface area contributed by atoms with Crippen molar-refractivity contribution in [3.8, 4) is 5.75 Å². The van der Waals surface area contributed by atoms with Crippen LogP contribution in [0.4, 0.5) is 0 Å². The van der Waals surface area contributed by atoms with E-state index < -0.39 is 0 Å². The molecule has 1 aromatic carbocycles. The molecule has 1 fully saturated rings. The van der Waals surface area contributed by atoms with Gasteiger partial charge in [-0.15, -0.1) is 0 Å². The number of hydrogen-bond acceptors (Lipinski definition) is 4. The molecule has 1 heterocycles. The first kappa shape index (κ1) is 16.0. The molecule has 21 heavy (non-hydrogen) atoms. The van der Waals surface area contributed by atoms with E-state index in [-0.39, 0.29) is 5.78 Å². The van der Waals surface area contributed by atoms with Gasteiger partial charge in [-0.25, -0.2) is 0 Å². The lowest BCUT2D eigenvalue weighted by atomic mass is 10.0. The monoisotopic (exact) mass is 291 g/mol. The highest BCUT2D eigenvalue weighted by atomic mass is 16.5. The van der Waals surface area contributed by atoms with Crippen LogP contribution in [0.15, 0.2) is 18.2 Å². The lowest BCUT2D eigenvalue weighted by molar-refractivity contribution is 0.0404. The van der Waals surface area contributed by atoms with Crippen LogP contribution in [0.5, 0.6) is 5.75 Å². The third-order valence-electron chi connectivity index (χ3n) is 4.00. The van der Waals surface area contributed by atoms with Crippen molar-refractivity contribution in [3.63, 3.8) is 0 Å². The zero-order valence-corrected chi connectivity index (χ0v) is 13.2. The third kappa shape index (κ3) is 4.29. The first-order valence-electron chi connectivity index (χ1n) is 7.66. The second kappa shape index (κ2) is 7.57. The highest BCUT2D eigenvalue weighted by Gasteiger charge is 2.20. The Balaban J connectivity index is 2.15. The molecule has 0 unspecified atom stereocenters. The summed E-state index contributed by atoms with van der Waals surface area (Å²) < 4.78 is 11.1. The average molecular weight is 291 g/mol. The fourth-order valence-electron chi connectivity index (χ4n) is 2.74. The van der Waals surface area contributed by atoms with Crippen molar-refractivity contribution in [3.05, 3.63) is 29.3 Å². The zero-order valence-electron chi connectivity index (χ0n) is 13.2. The minimum absolute atomic E-state index is 0.0908. The summed E-state index contributed by atoms with van der Waals surface area (Å²) in [5.74, 6) is 0.967. The van der Waals surface area contributed by atoms with Crippen LogP contribution in [-0.2, 0) is 11.3 Å². The summed E-state index contributed by atoms with van der Waals surface area (Å²) in [4.78, 5) is 13.9. The number of nitrogens with zero attached hydrogens (tertiary/aromatic N) is 1. The number of carbonyl (C=O) groups is 1. The highest BCUT2D eigenvalue weighted by Crippen LogP contribution is 2.24. The summed E-state index contributed by atoms with van der Waals surface area (Å²) in [6, 6.07) is 6.25. The van der Waals surface area contributed by atoms with Crippen molar-refractivity contribution in [2.24, 2.45) is 0 Å². The van der Waals surface area contributed by atoms with Crippen LogP contribution in [0.1, 0.15) is 42.6 Å². The minimum Gasteiger partial charge on any atom is -0.494 e. The molecule has 116 valence electrons. The molecule has 1 aliphatic rings. The highest BCUT2D eigenvalue weighted by molar-refractivity contribution is 5.94. The molecule has 0 bridgehead atoms. The summed E-state index contributed by atoms with van der Waals surface area (Å²) >= 11 is 0. The lowest BCUT2D eigenvalue weighted by Crippen LogP contribution is -2.36. The van der Waals surface area contributed by atoms with Gasteiger partial charge in [0, 0.05) is 36.9 Å². The van der Waals surface area contributed by atoms with Crippen LogP contribution in [0, 0.1) is 0 Å². The van der Waals surface area contributed by atoms with Crippen LogP contribution in [0.25, 0.3) is 0 Å². The number of ether oxygens (including phenoxy) is 2. The lowest BCUT2D eigenvalue weighted by Gasteiger charge is -2.31. The van der Waals surface area contributed by atoms with Crippen LogP contribution in [0.2, 0.25) is 0 Å². The predicted molar refractivity (Wildman–Crippen MR) is 82.9 cm³/mol. The summed E-state index contributed by atoms with van der Waals surface area (Å²) in [5.41, 5.74) is 1.83. The molecule has 0 spiro atoms. The van der Waals surface area contributed by atoms with Gasteiger partial charge in [-0.1, -0.05) is 0 Å². The summed E-state index contributed by atoms with van der Waals surface area (Å²) in [5, 5.41) is 0. The number of Topliss-reactive ketones (excluding diaryl/α,β-unsaturated/α-hetero) is 1. The Kier molecular flexibility index (Phi) is 5.76. The second-order valence-electron chi connectivity index (χ2n) is 5.57. The van der Waals surface area contributed by atoms with Gasteiger partial charge in [0.2, 0.25) is 0 Å². The molecule has 0 radical (unpaired) electrons. The van der Waals surface area contributed by atoms with E-state index in [1.54, 1.807) is 6.92 Å². The zero-order chi connectivity index (χ0) is 15.2. The van der Waals surface area contributed by atoms with Crippen molar-refractivity contribution < 1.29 is 14.3 Å². The molecule has 0 atom stereocenters. The van der Waals surface area contributed by atoms with Gasteiger partial charge in [0.05, 0.1) is 6.61 Å². The third-order valence-corrected chi connectivity index (χ3v) is 4.00. The van der Waals surface area contributed by atoms with E-state index in [9.17, 15) is 4.79 Å². The van der Waals surface area contributed by atoms with E-state index in [0.717, 1.165) is 49.5 Å². The molecule has 1 aliphatic heterocycles. The Bertz CT molecular complexity index is 481. The van der Waals surface area contributed by atoms with Crippen molar-refractivity contribution in [2.75, 3.05) is 26.9 Å². The van der Waals surface area contributed by atoms with Crippen molar-refractivity contribution in [2.45, 2.75) is 39.3 Å². The Hall–Kier alpha value is -1.39. The standard InChI is InChI=1S/C17H25NO3/c1-4-21-17-6-5-14(13(2)19)11-15(17)12-18(3)16-7-9-20-10-8-16/h5-6,11,16H,4,7-10,12H2,1-3H3. The van der Waals surface area contributed by atoms with Gasteiger partial charge in [-0.2, -0.15) is 0 Å². The topological polar surface area (TPSA) is 38.8 Å². The molecule has 0 N–H and O–H groups in total. The molecule has 0 aliphatic carbocycles.